The van der Waals surface area contributed by atoms with Crippen molar-refractivity contribution >= 4 is 21.8 Å². The van der Waals surface area contributed by atoms with Crippen LogP contribution in [0.25, 0.3) is 0 Å². The van der Waals surface area contributed by atoms with Gasteiger partial charge in [-0.05, 0) is 55.5 Å². The van der Waals surface area contributed by atoms with E-state index < -0.39 is 0 Å². The van der Waals surface area contributed by atoms with Gasteiger partial charge < -0.3 is 5.32 Å². The average molecular weight is 358 g/mol. The Hall–Kier alpha value is -1.61. The molecule has 1 N–H and O–H groups in total. The number of hydrogen-bond acceptors (Lipinski definition) is 1. The van der Waals surface area contributed by atoms with Crippen molar-refractivity contribution in [3.05, 3.63) is 69.7 Å². The Kier molecular flexibility index (Phi) is 4.09. The molecule has 1 amide bonds. The molecule has 0 bridgehead atoms. The SMILES string of the molecule is Cc1ccccc1C(C)NC(=O)C1(c2ccc(Br)cc2)CC1. The van der Waals surface area contributed by atoms with Crippen molar-refractivity contribution in [2.45, 2.75) is 38.1 Å². The number of carbonyl (C=O) groups excluding carboxylic acids is 1. The van der Waals surface area contributed by atoms with E-state index in [1.807, 2.05) is 24.3 Å². The standard InChI is InChI=1S/C19H20BrNO/c1-13-5-3-4-6-17(13)14(2)21-18(22)19(11-12-19)15-7-9-16(20)10-8-15/h3-10,14H,11-12H2,1-2H3,(H,21,22). The second kappa shape index (κ2) is 5.88. The van der Waals surface area contributed by atoms with Crippen molar-refractivity contribution < 1.29 is 4.79 Å². The molecule has 114 valence electrons. The van der Waals surface area contributed by atoms with Gasteiger partial charge in [-0.1, -0.05) is 52.3 Å². The summed E-state index contributed by atoms with van der Waals surface area (Å²) in [6.45, 7) is 4.14. The van der Waals surface area contributed by atoms with E-state index >= 15 is 0 Å². The second-order valence-electron chi connectivity index (χ2n) is 6.14. The Morgan fingerprint density at radius 1 is 1.14 bits per heavy atom. The fourth-order valence-corrected chi connectivity index (χ4v) is 3.29. The highest BCUT2D eigenvalue weighted by atomic mass is 79.9. The third-order valence-electron chi connectivity index (χ3n) is 4.58. The largest absolute Gasteiger partial charge is 0.349 e. The first-order valence-corrected chi connectivity index (χ1v) is 8.45. The minimum Gasteiger partial charge on any atom is -0.349 e. The number of aryl methyl sites for hydroxylation is 1. The van der Waals surface area contributed by atoms with Crippen LogP contribution in [0.4, 0.5) is 0 Å². The van der Waals surface area contributed by atoms with Crippen LogP contribution in [-0.4, -0.2) is 5.91 Å². The van der Waals surface area contributed by atoms with Crippen LogP contribution in [0, 0.1) is 6.92 Å². The zero-order valence-electron chi connectivity index (χ0n) is 12.9. The fourth-order valence-electron chi connectivity index (χ4n) is 3.03. The maximum absolute atomic E-state index is 12.8. The molecule has 1 unspecified atom stereocenters. The van der Waals surface area contributed by atoms with Gasteiger partial charge in [-0.15, -0.1) is 0 Å². The Labute approximate surface area is 140 Å². The summed E-state index contributed by atoms with van der Waals surface area (Å²) in [5, 5.41) is 3.20. The molecule has 1 atom stereocenters. The van der Waals surface area contributed by atoms with Crippen LogP contribution < -0.4 is 5.32 Å². The molecule has 22 heavy (non-hydrogen) atoms. The van der Waals surface area contributed by atoms with Crippen molar-refractivity contribution in [3.8, 4) is 0 Å². The molecule has 0 radical (unpaired) electrons. The lowest BCUT2D eigenvalue weighted by Crippen LogP contribution is -2.36. The van der Waals surface area contributed by atoms with Gasteiger partial charge >= 0.3 is 0 Å². The van der Waals surface area contributed by atoms with Crippen molar-refractivity contribution in [2.24, 2.45) is 0 Å². The fraction of sp³-hybridized carbons (Fsp3) is 0.316. The van der Waals surface area contributed by atoms with Crippen molar-refractivity contribution in [2.75, 3.05) is 0 Å². The Morgan fingerprint density at radius 3 is 2.36 bits per heavy atom. The number of benzene rings is 2. The number of halogens is 1. The third-order valence-corrected chi connectivity index (χ3v) is 5.11. The summed E-state index contributed by atoms with van der Waals surface area (Å²) in [5.41, 5.74) is 3.19. The predicted molar refractivity (Wildman–Crippen MR) is 92.8 cm³/mol. The molecule has 2 nitrogen and oxygen atoms in total. The van der Waals surface area contributed by atoms with Gasteiger partial charge in [0.25, 0.3) is 0 Å². The zero-order chi connectivity index (χ0) is 15.7. The Bertz CT molecular complexity index is 689. The van der Waals surface area contributed by atoms with E-state index in [9.17, 15) is 4.79 Å². The van der Waals surface area contributed by atoms with Gasteiger partial charge in [0.15, 0.2) is 0 Å². The highest BCUT2D eigenvalue weighted by Gasteiger charge is 2.51. The van der Waals surface area contributed by atoms with Crippen LogP contribution in [0.15, 0.2) is 53.0 Å². The summed E-state index contributed by atoms with van der Waals surface area (Å²) in [6.07, 6.45) is 1.86. The molecule has 1 aliphatic carbocycles. The van der Waals surface area contributed by atoms with Gasteiger partial charge in [0, 0.05) is 4.47 Å². The molecule has 0 aromatic heterocycles. The monoisotopic (exact) mass is 357 g/mol. The molecular formula is C19H20BrNO. The number of carbonyl (C=O) groups is 1. The van der Waals surface area contributed by atoms with Gasteiger partial charge in [0.2, 0.25) is 5.91 Å². The van der Waals surface area contributed by atoms with Crippen LogP contribution in [0.5, 0.6) is 0 Å². The quantitative estimate of drug-likeness (QED) is 0.846. The number of rotatable bonds is 4. The summed E-state index contributed by atoms with van der Waals surface area (Å²) in [5.74, 6) is 0.144. The molecular weight excluding hydrogens is 338 g/mol. The number of hydrogen-bond donors (Lipinski definition) is 1. The molecule has 3 rings (SSSR count). The lowest BCUT2D eigenvalue weighted by molar-refractivity contribution is -0.124. The number of amides is 1. The lowest BCUT2D eigenvalue weighted by Gasteiger charge is -2.21. The zero-order valence-corrected chi connectivity index (χ0v) is 14.5. The number of nitrogens with one attached hydrogen (secondary N) is 1. The second-order valence-corrected chi connectivity index (χ2v) is 7.06. The van der Waals surface area contributed by atoms with Crippen LogP contribution in [0.3, 0.4) is 0 Å². The summed E-state index contributed by atoms with van der Waals surface area (Å²) in [7, 11) is 0. The molecule has 1 aliphatic rings. The first-order chi connectivity index (χ1) is 10.5. The van der Waals surface area contributed by atoms with Gasteiger partial charge in [-0.25, -0.2) is 0 Å². The van der Waals surface area contributed by atoms with Crippen molar-refractivity contribution in [3.63, 3.8) is 0 Å². The predicted octanol–water partition coefficient (Wildman–Crippen LogP) is 4.67. The molecule has 1 fully saturated rings. The van der Waals surface area contributed by atoms with Crippen molar-refractivity contribution in [1.29, 1.82) is 0 Å². The highest BCUT2D eigenvalue weighted by molar-refractivity contribution is 9.10. The molecule has 2 aromatic rings. The van der Waals surface area contributed by atoms with E-state index in [1.165, 1.54) is 11.1 Å². The summed E-state index contributed by atoms with van der Waals surface area (Å²) < 4.78 is 1.04. The van der Waals surface area contributed by atoms with Crippen LogP contribution in [0.1, 0.15) is 42.5 Å². The smallest absolute Gasteiger partial charge is 0.231 e. The van der Waals surface area contributed by atoms with E-state index in [0.29, 0.717) is 0 Å². The summed E-state index contributed by atoms with van der Waals surface area (Å²) >= 11 is 3.45. The van der Waals surface area contributed by atoms with Crippen LogP contribution in [-0.2, 0) is 10.2 Å². The van der Waals surface area contributed by atoms with E-state index in [0.717, 1.165) is 22.9 Å². The molecule has 3 heteroatoms. The van der Waals surface area contributed by atoms with Gasteiger partial charge in [0.1, 0.15) is 0 Å². The van der Waals surface area contributed by atoms with Gasteiger partial charge in [0.05, 0.1) is 11.5 Å². The molecule has 0 heterocycles. The molecule has 0 saturated heterocycles. The Balaban J connectivity index is 1.77. The maximum Gasteiger partial charge on any atom is 0.231 e. The molecule has 2 aromatic carbocycles. The highest BCUT2D eigenvalue weighted by Crippen LogP contribution is 2.48. The summed E-state index contributed by atoms with van der Waals surface area (Å²) in [4.78, 5) is 12.8. The third kappa shape index (κ3) is 2.82. The van der Waals surface area contributed by atoms with Crippen LogP contribution in [0.2, 0.25) is 0 Å². The Morgan fingerprint density at radius 2 is 1.77 bits per heavy atom. The first kappa shape index (κ1) is 15.3. The minimum absolute atomic E-state index is 0.0293. The van der Waals surface area contributed by atoms with E-state index in [-0.39, 0.29) is 17.4 Å². The van der Waals surface area contributed by atoms with Crippen molar-refractivity contribution in [1.82, 2.24) is 5.32 Å². The minimum atomic E-state index is -0.322. The lowest BCUT2D eigenvalue weighted by atomic mass is 9.94. The van der Waals surface area contributed by atoms with E-state index in [2.05, 4.69) is 59.4 Å². The van der Waals surface area contributed by atoms with Gasteiger partial charge in [-0.2, -0.15) is 0 Å². The van der Waals surface area contributed by atoms with Gasteiger partial charge in [-0.3, -0.25) is 4.79 Å². The van der Waals surface area contributed by atoms with Crippen LogP contribution >= 0.6 is 15.9 Å². The van der Waals surface area contributed by atoms with E-state index in [4.69, 9.17) is 0 Å². The molecule has 0 spiro atoms. The first-order valence-electron chi connectivity index (χ1n) is 7.65. The maximum atomic E-state index is 12.8. The normalized spacial score (nSPS) is 16.9. The molecule has 0 aliphatic heterocycles. The topological polar surface area (TPSA) is 29.1 Å². The summed E-state index contributed by atoms with van der Waals surface area (Å²) in [6, 6.07) is 16.4. The van der Waals surface area contributed by atoms with E-state index in [1.54, 1.807) is 0 Å². The molecule has 1 saturated carbocycles. The average Bonchev–Trinajstić information content (AvgIpc) is 3.30.